The van der Waals surface area contributed by atoms with Crippen LogP contribution in [0.2, 0.25) is 0 Å². The van der Waals surface area contributed by atoms with Crippen molar-refractivity contribution >= 4 is 33.7 Å². The summed E-state index contributed by atoms with van der Waals surface area (Å²) in [4.78, 5) is 22.1. The quantitative estimate of drug-likeness (QED) is 0.113. The Morgan fingerprint density at radius 3 is 1.72 bits per heavy atom. The molecule has 144 valence electrons. The van der Waals surface area contributed by atoms with Crippen LogP contribution < -0.4 is 0 Å². The average molecular weight is 389 g/mol. The molecule has 0 N–H and O–H groups in total. The van der Waals surface area contributed by atoms with Crippen molar-refractivity contribution in [1.29, 1.82) is 0 Å². The van der Waals surface area contributed by atoms with E-state index in [1.165, 1.54) is 44.9 Å². The minimum absolute atomic E-state index is 0.472. The summed E-state index contributed by atoms with van der Waals surface area (Å²) < 4.78 is 0. The summed E-state index contributed by atoms with van der Waals surface area (Å²) in [6.07, 6.45) is 23.5. The first kappa shape index (κ1) is 24.4. The standard InChI is InChI=1S/C21H34Cl2O2/c1-2-3-4-5-6-7-8-9-10-11-12-13-14-15-16-17-18-19(20(22)24)21(23)25/h6-7,9-10,19H,2-5,8,11-18H2,1H3. The van der Waals surface area contributed by atoms with Crippen molar-refractivity contribution in [3.05, 3.63) is 24.3 Å². The third kappa shape index (κ3) is 16.6. The predicted octanol–water partition coefficient (Wildman–Crippen LogP) is 7.34. The van der Waals surface area contributed by atoms with Gasteiger partial charge in [-0.2, -0.15) is 0 Å². The summed E-state index contributed by atoms with van der Waals surface area (Å²) >= 11 is 10.7. The van der Waals surface area contributed by atoms with Gasteiger partial charge in [0.1, 0.15) is 5.92 Å². The number of halogens is 2. The van der Waals surface area contributed by atoms with Crippen molar-refractivity contribution in [1.82, 2.24) is 0 Å². The van der Waals surface area contributed by atoms with Crippen LogP contribution in [0.1, 0.15) is 90.4 Å². The fourth-order valence-corrected chi connectivity index (χ4v) is 3.13. The van der Waals surface area contributed by atoms with Crippen LogP contribution in [0.5, 0.6) is 0 Å². The highest BCUT2D eigenvalue weighted by Gasteiger charge is 2.22. The predicted molar refractivity (Wildman–Crippen MR) is 109 cm³/mol. The number of carbonyl (C=O) groups excluding carboxylic acids is 2. The summed E-state index contributed by atoms with van der Waals surface area (Å²) in [5, 5.41) is -1.27. The second-order valence-electron chi connectivity index (χ2n) is 6.53. The van der Waals surface area contributed by atoms with Gasteiger partial charge in [0.15, 0.2) is 0 Å². The summed E-state index contributed by atoms with van der Waals surface area (Å²) in [6.45, 7) is 2.23. The van der Waals surface area contributed by atoms with E-state index >= 15 is 0 Å². The average Bonchev–Trinajstić information content (AvgIpc) is 2.57. The highest BCUT2D eigenvalue weighted by Crippen LogP contribution is 2.17. The molecule has 0 atom stereocenters. The van der Waals surface area contributed by atoms with E-state index in [1.54, 1.807) is 0 Å². The first-order valence-corrected chi connectivity index (χ1v) is 10.5. The number of carbonyl (C=O) groups is 2. The molecule has 0 saturated heterocycles. The van der Waals surface area contributed by atoms with Crippen LogP contribution in [-0.4, -0.2) is 10.5 Å². The largest absolute Gasteiger partial charge is 0.280 e. The Hall–Kier alpha value is -0.600. The Labute approximate surface area is 164 Å². The molecule has 4 heteroatoms. The van der Waals surface area contributed by atoms with Crippen LogP contribution >= 0.6 is 23.2 Å². The van der Waals surface area contributed by atoms with Crippen molar-refractivity contribution < 1.29 is 9.59 Å². The third-order valence-corrected chi connectivity index (χ3v) is 4.77. The SMILES string of the molecule is CCCCCC=CCC=CCCCCCCCCC(C(=O)Cl)C(=O)Cl. The van der Waals surface area contributed by atoms with Crippen molar-refractivity contribution in [3.63, 3.8) is 0 Å². The Morgan fingerprint density at radius 1 is 0.720 bits per heavy atom. The second-order valence-corrected chi connectivity index (χ2v) is 7.28. The van der Waals surface area contributed by atoms with E-state index in [9.17, 15) is 9.59 Å². The normalized spacial score (nSPS) is 11.8. The lowest BCUT2D eigenvalue weighted by atomic mass is 10.0. The van der Waals surface area contributed by atoms with Gasteiger partial charge in [-0.05, 0) is 61.7 Å². The lowest BCUT2D eigenvalue weighted by Crippen LogP contribution is -2.15. The van der Waals surface area contributed by atoms with E-state index in [1.807, 2.05) is 0 Å². The molecule has 0 aromatic carbocycles. The molecule has 0 bridgehead atoms. The zero-order valence-electron chi connectivity index (χ0n) is 15.7. The van der Waals surface area contributed by atoms with Crippen LogP contribution in [0.15, 0.2) is 24.3 Å². The maximum atomic E-state index is 11.0. The molecular formula is C21H34Cl2O2. The number of rotatable bonds is 17. The molecule has 0 aliphatic carbocycles. The molecule has 0 amide bonds. The number of hydrogen-bond acceptors (Lipinski definition) is 2. The van der Waals surface area contributed by atoms with E-state index in [0.29, 0.717) is 6.42 Å². The van der Waals surface area contributed by atoms with Crippen LogP contribution in [0.25, 0.3) is 0 Å². The zero-order chi connectivity index (χ0) is 18.8. The molecular weight excluding hydrogens is 355 g/mol. The summed E-state index contributed by atoms with van der Waals surface area (Å²) in [6, 6.07) is 0. The van der Waals surface area contributed by atoms with Gasteiger partial charge >= 0.3 is 0 Å². The van der Waals surface area contributed by atoms with Gasteiger partial charge in [0, 0.05) is 0 Å². The molecule has 0 aromatic heterocycles. The van der Waals surface area contributed by atoms with Gasteiger partial charge in [0.05, 0.1) is 0 Å². The lowest BCUT2D eigenvalue weighted by molar-refractivity contribution is -0.124. The zero-order valence-corrected chi connectivity index (χ0v) is 17.2. The molecule has 0 saturated carbocycles. The first-order valence-electron chi connectivity index (χ1n) is 9.78. The van der Waals surface area contributed by atoms with Crippen molar-refractivity contribution in [2.75, 3.05) is 0 Å². The van der Waals surface area contributed by atoms with Crippen LogP contribution in [0.4, 0.5) is 0 Å². The molecule has 0 aromatic rings. The lowest BCUT2D eigenvalue weighted by Gasteiger charge is -2.06. The molecule has 0 unspecified atom stereocenters. The van der Waals surface area contributed by atoms with Crippen LogP contribution in [0, 0.1) is 5.92 Å². The number of allylic oxidation sites excluding steroid dienone is 4. The van der Waals surface area contributed by atoms with Gasteiger partial charge in [-0.25, -0.2) is 0 Å². The Morgan fingerprint density at radius 2 is 1.20 bits per heavy atom. The molecule has 0 heterocycles. The smallest absolute Gasteiger partial charge is 0.233 e. The van der Waals surface area contributed by atoms with E-state index in [-0.39, 0.29) is 0 Å². The first-order chi connectivity index (χ1) is 12.1. The monoisotopic (exact) mass is 388 g/mol. The minimum atomic E-state index is -0.825. The van der Waals surface area contributed by atoms with Gasteiger partial charge in [0.2, 0.25) is 10.5 Å². The van der Waals surface area contributed by atoms with E-state index in [2.05, 4.69) is 31.2 Å². The molecule has 0 fully saturated rings. The van der Waals surface area contributed by atoms with E-state index in [4.69, 9.17) is 23.2 Å². The number of hydrogen-bond donors (Lipinski definition) is 0. The third-order valence-electron chi connectivity index (χ3n) is 4.24. The van der Waals surface area contributed by atoms with Gasteiger partial charge in [-0.1, -0.05) is 76.2 Å². The highest BCUT2D eigenvalue weighted by atomic mass is 35.5. The van der Waals surface area contributed by atoms with Gasteiger partial charge in [0.25, 0.3) is 0 Å². The second kappa shape index (κ2) is 18.2. The summed E-state index contributed by atoms with van der Waals surface area (Å²) in [7, 11) is 0. The van der Waals surface area contributed by atoms with Crippen LogP contribution in [-0.2, 0) is 9.59 Å². The topological polar surface area (TPSA) is 34.1 Å². The Kier molecular flexibility index (Phi) is 17.8. The fraction of sp³-hybridized carbons (Fsp3) is 0.714. The minimum Gasteiger partial charge on any atom is -0.280 e. The highest BCUT2D eigenvalue weighted by molar-refractivity contribution is 6.73. The van der Waals surface area contributed by atoms with Crippen molar-refractivity contribution in [2.24, 2.45) is 5.92 Å². The van der Waals surface area contributed by atoms with Gasteiger partial charge in [-0.3, -0.25) is 9.59 Å². The molecule has 0 radical (unpaired) electrons. The fourth-order valence-electron chi connectivity index (χ4n) is 2.65. The molecule has 0 aliphatic heterocycles. The van der Waals surface area contributed by atoms with Crippen molar-refractivity contribution in [2.45, 2.75) is 90.4 Å². The molecule has 0 aliphatic rings. The van der Waals surface area contributed by atoms with Gasteiger partial charge in [-0.15, -0.1) is 0 Å². The Bertz CT molecular complexity index is 389. The molecule has 2 nitrogen and oxygen atoms in total. The molecule has 0 rings (SSSR count). The van der Waals surface area contributed by atoms with Crippen LogP contribution in [0.3, 0.4) is 0 Å². The maximum Gasteiger partial charge on any atom is 0.233 e. The summed E-state index contributed by atoms with van der Waals surface area (Å²) in [5.74, 6) is -0.825. The van der Waals surface area contributed by atoms with E-state index in [0.717, 1.165) is 32.1 Å². The molecule has 0 spiro atoms. The van der Waals surface area contributed by atoms with Gasteiger partial charge < -0.3 is 0 Å². The maximum absolute atomic E-state index is 11.0. The Balaban J connectivity index is 3.40. The van der Waals surface area contributed by atoms with E-state index < -0.39 is 16.4 Å². The summed E-state index contributed by atoms with van der Waals surface area (Å²) in [5.41, 5.74) is 0. The van der Waals surface area contributed by atoms with Crippen molar-refractivity contribution in [3.8, 4) is 0 Å². The molecule has 25 heavy (non-hydrogen) atoms. The number of unbranched alkanes of at least 4 members (excludes halogenated alkanes) is 9.